The molecule has 0 unspecified atom stereocenters. The monoisotopic (exact) mass is 325 g/mol. The van der Waals surface area contributed by atoms with E-state index in [0.29, 0.717) is 19.8 Å². The van der Waals surface area contributed by atoms with Crippen LogP contribution in [0, 0.1) is 13.8 Å². The summed E-state index contributed by atoms with van der Waals surface area (Å²) in [4.78, 5) is 0. The third-order valence-corrected chi connectivity index (χ3v) is 4.42. The van der Waals surface area contributed by atoms with Gasteiger partial charge < -0.3 is 9.84 Å². The number of ether oxygens (including phenoxy) is 1. The molecule has 0 saturated heterocycles. The van der Waals surface area contributed by atoms with E-state index in [-0.39, 0.29) is 0 Å². The molecular weight excluding hydrogens is 300 g/mol. The van der Waals surface area contributed by atoms with Crippen LogP contribution < -0.4 is 4.57 Å². The molecule has 24 heavy (non-hydrogen) atoms. The van der Waals surface area contributed by atoms with E-state index in [1.54, 1.807) is 0 Å². The van der Waals surface area contributed by atoms with Gasteiger partial charge in [0.25, 0.3) is 0 Å². The zero-order chi connectivity index (χ0) is 17.1. The quantitative estimate of drug-likeness (QED) is 0.708. The number of aliphatic hydroxyl groups is 1. The van der Waals surface area contributed by atoms with Crippen LogP contribution in [-0.4, -0.2) is 22.4 Å². The van der Waals surface area contributed by atoms with Gasteiger partial charge in [0.2, 0.25) is 6.33 Å². The van der Waals surface area contributed by atoms with Gasteiger partial charge in [0.1, 0.15) is 12.6 Å². The Morgan fingerprint density at radius 2 is 1.83 bits per heavy atom. The van der Waals surface area contributed by atoms with Crippen LogP contribution in [0.3, 0.4) is 0 Å². The van der Waals surface area contributed by atoms with Crippen molar-refractivity contribution in [2.24, 2.45) is 7.05 Å². The van der Waals surface area contributed by atoms with Crippen LogP contribution in [0.15, 0.2) is 48.8 Å². The molecule has 1 heterocycles. The number of aryl methyl sites for hydroxylation is 3. The molecule has 0 aliphatic heterocycles. The van der Waals surface area contributed by atoms with E-state index < -0.39 is 6.10 Å². The maximum atomic E-state index is 10.3. The van der Waals surface area contributed by atoms with Gasteiger partial charge in [0.05, 0.1) is 20.3 Å². The van der Waals surface area contributed by atoms with Crippen molar-refractivity contribution in [3.8, 4) is 0 Å². The summed E-state index contributed by atoms with van der Waals surface area (Å²) in [5, 5.41) is 10.3. The number of imidazole rings is 1. The number of hydrogen-bond acceptors (Lipinski definition) is 2. The van der Waals surface area contributed by atoms with E-state index in [9.17, 15) is 5.11 Å². The van der Waals surface area contributed by atoms with E-state index in [1.165, 1.54) is 16.6 Å². The Kier molecular flexibility index (Phi) is 4.97. The Morgan fingerprint density at radius 3 is 2.58 bits per heavy atom. The molecule has 0 bridgehead atoms. The van der Waals surface area contributed by atoms with Crippen molar-refractivity contribution in [2.75, 3.05) is 6.61 Å². The second-order valence-electron chi connectivity index (χ2n) is 6.46. The summed E-state index contributed by atoms with van der Waals surface area (Å²) in [6.45, 7) is 5.61. The molecule has 3 rings (SSSR count). The lowest BCUT2D eigenvalue weighted by Gasteiger charge is -2.10. The van der Waals surface area contributed by atoms with Crippen LogP contribution in [-0.2, 0) is 24.9 Å². The molecule has 1 atom stereocenters. The Bertz CT molecular complexity index is 825. The summed E-state index contributed by atoms with van der Waals surface area (Å²) in [6, 6.07) is 14.4. The van der Waals surface area contributed by atoms with Gasteiger partial charge in [-0.25, -0.2) is 9.13 Å². The Morgan fingerprint density at radius 1 is 1.12 bits per heavy atom. The fraction of sp³-hybridized carbons (Fsp3) is 0.350. The van der Waals surface area contributed by atoms with Crippen molar-refractivity contribution in [1.82, 2.24) is 4.57 Å². The Balaban J connectivity index is 1.65. The normalized spacial score (nSPS) is 12.7. The van der Waals surface area contributed by atoms with Crippen molar-refractivity contribution in [3.63, 3.8) is 0 Å². The van der Waals surface area contributed by atoms with Gasteiger partial charge in [-0.3, -0.25) is 0 Å². The van der Waals surface area contributed by atoms with Crippen molar-refractivity contribution in [2.45, 2.75) is 33.1 Å². The molecular formula is C20H25N2O2+. The van der Waals surface area contributed by atoms with Gasteiger partial charge in [-0.1, -0.05) is 30.3 Å². The van der Waals surface area contributed by atoms with Crippen molar-refractivity contribution in [1.29, 1.82) is 0 Å². The molecule has 4 nitrogen and oxygen atoms in total. The number of aliphatic hydroxyl groups excluding tert-OH is 1. The largest absolute Gasteiger partial charge is 0.387 e. The molecule has 0 fully saturated rings. The predicted octanol–water partition coefficient (Wildman–Crippen LogP) is 2.66. The van der Waals surface area contributed by atoms with Crippen molar-refractivity contribution in [3.05, 3.63) is 65.5 Å². The fourth-order valence-corrected chi connectivity index (χ4v) is 2.94. The standard InChI is InChI=1S/C20H25N2O2/c1-15-9-19-20(10-16(15)2)22(14-21(19)3)11-18(23)13-24-12-17-7-5-4-6-8-17/h4-10,14,18,23H,11-13H2,1-3H3/q+1/t18-/m1/s1. The number of benzene rings is 2. The molecule has 0 radical (unpaired) electrons. The average molecular weight is 325 g/mol. The average Bonchev–Trinajstić information content (AvgIpc) is 2.84. The SMILES string of the molecule is Cc1cc2c(cc1C)[n+](C)cn2C[C@@H](O)COCc1ccccc1. The van der Waals surface area contributed by atoms with E-state index in [0.717, 1.165) is 11.1 Å². The van der Waals surface area contributed by atoms with Crippen LogP contribution in [0.5, 0.6) is 0 Å². The lowest BCUT2D eigenvalue weighted by Crippen LogP contribution is -2.27. The maximum absolute atomic E-state index is 10.3. The van der Waals surface area contributed by atoms with Crippen molar-refractivity contribution >= 4 is 11.0 Å². The number of rotatable bonds is 6. The zero-order valence-corrected chi connectivity index (χ0v) is 14.6. The van der Waals surface area contributed by atoms with Gasteiger partial charge >= 0.3 is 0 Å². The summed E-state index contributed by atoms with van der Waals surface area (Å²) in [6.07, 6.45) is 1.50. The lowest BCUT2D eigenvalue weighted by atomic mass is 10.1. The van der Waals surface area contributed by atoms with Gasteiger partial charge in [-0.15, -0.1) is 0 Å². The third kappa shape index (κ3) is 3.66. The fourth-order valence-electron chi connectivity index (χ4n) is 2.94. The zero-order valence-electron chi connectivity index (χ0n) is 14.6. The highest BCUT2D eigenvalue weighted by Gasteiger charge is 2.17. The minimum Gasteiger partial charge on any atom is -0.387 e. The van der Waals surface area contributed by atoms with E-state index in [1.807, 2.05) is 43.7 Å². The maximum Gasteiger partial charge on any atom is 0.244 e. The molecule has 1 aromatic heterocycles. The highest BCUT2D eigenvalue weighted by atomic mass is 16.5. The van der Waals surface area contributed by atoms with Crippen LogP contribution in [0.1, 0.15) is 16.7 Å². The molecule has 0 aliphatic carbocycles. The highest BCUT2D eigenvalue weighted by molar-refractivity contribution is 5.74. The van der Waals surface area contributed by atoms with Crippen LogP contribution in [0.25, 0.3) is 11.0 Å². The van der Waals surface area contributed by atoms with Gasteiger partial charge in [0, 0.05) is 0 Å². The molecule has 0 aliphatic rings. The Hall–Kier alpha value is -2.17. The minimum atomic E-state index is -0.536. The summed E-state index contributed by atoms with van der Waals surface area (Å²) in [5.74, 6) is 0. The van der Waals surface area contributed by atoms with Crippen molar-refractivity contribution < 1.29 is 14.4 Å². The van der Waals surface area contributed by atoms with Gasteiger partial charge in [-0.05, 0) is 42.7 Å². The predicted molar refractivity (Wildman–Crippen MR) is 94.7 cm³/mol. The van der Waals surface area contributed by atoms with Crippen LogP contribution in [0.4, 0.5) is 0 Å². The van der Waals surface area contributed by atoms with Gasteiger partial charge in [0.15, 0.2) is 11.0 Å². The van der Waals surface area contributed by atoms with E-state index in [4.69, 9.17) is 4.74 Å². The molecule has 126 valence electrons. The molecule has 2 aromatic carbocycles. The third-order valence-electron chi connectivity index (χ3n) is 4.42. The minimum absolute atomic E-state index is 0.323. The number of aromatic nitrogens is 2. The molecule has 3 aromatic rings. The molecule has 0 spiro atoms. The number of nitrogens with zero attached hydrogens (tertiary/aromatic N) is 2. The first-order chi connectivity index (χ1) is 11.5. The smallest absolute Gasteiger partial charge is 0.244 e. The Labute approximate surface area is 142 Å². The van der Waals surface area contributed by atoms with Crippen LogP contribution in [0.2, 0.25) is 0 Å². The topological polar surface area (TPSA) is 38.3 Å². The summed E-state index contributed by atoms with van der Waals surface area (Å²) in [5.41, 5.74) is 5.98. The van der Waals surface area contributed by atoms with Gasteiger partial charge in [-0.2, -0.15) is 0 Å². The summed E-state index contributed by atoms with van der Waals surface area (Å²) < 4.78 is 9.84. The summed E-state index contributed by atoms with van der Waals surface area (Å²) in [7, 11) is 2.03. The molecule has 0 amide bonds. The van der Waals surface area contributed by atoms with E-state index >= 15 is 0 Å². The molecule has 0 saturated carbocycles. The first kappa shape index (κ1) is 16.7. The summed E-state index contributed by atoms with van der Waals surface area (Å²) >= 11 is 0. The lowest BCUT2D eigenvalue weighted by molar-refractivity contribution is -0.645. The second kappa shape index (κ2) is 7.16. The molecule has 4 heteroatoms. The first-order valence-corrected chi connectivity index (χ1v) is 8.30. The number of hydrogen-bond donors (Lipinski definition) is 1. The first-order valence-electron chi connectivity index (χ1n) is 8.30. The highest BCUT2D eigenvalue weighted by Crippen LogP contribution is 2.17. The van der Waals surface area contributed by atoms with E-state index in [2.05, 4.69) is 35.1 Å². The molecule has 1 N–H and O–H groups in total. The number of fused-ring (bicyclic) bond motifs is 1. The van der Waals surface area contributed by atoms with Crippen LogP contribution >= 0.6 is 0 Å². The second-order valence-corrected chi connectivity index (χ2v) is 6.46.